The molecule has 0 radical (unpaired) electrons. The predicted molar refractivity (Wildman–Crippen MR) is 119 cm³/mol. The van der Waals surface area contributed by atoms with Crippen molar-refractivity contribution in [2.75, 3.05) is 13.1 Å². The summed E-state index contributed by atoms with van der Waals surface area (Å²) in [6.07, 6.45) is 3.61. The summed E-state index contributed by atoms with van der Waals surface area (Å²) < 4.78 is 2.02. The van der Waals surface area contributed by atoms with Crippen molar-refractivity contribution in [2.45, 2.75) is 38.6 Å². The van der Waals surface area contributed by atoms with Crippen LogP contribution in [0.3, 0.4) is 0 Å². The van der Waals surface area contributed by atoms with Gasteiger partial charge in [-0.2, -0.15) is 0 Å². The summed E-state index contributed by atoms with van der Waals surface area (Å²) in [5.74, 6) is 0.860. The zero-order valence-electron chi connectivity index (χ0n) is 17.7. The second-order valence-electron chi connectivity index (χ2n) is 8.29. The molecule has 0 aliphatic carbocycles. The molecule has 1 aromatic carbocycles. The normalized spacial score (nSPS) is 15.9. The molecule has 3 aromatic rings. The van der Waals surface area contributed by atoms with E-state index in [9.17, 15) is 9.59 Å². The van der Waals surface area contributed by atoms with E-state index in [1.807, 2.05) is 47.5 Å². The Bertz CT molecular complexity index is 1070. The first kappa shape index (κ1) is 21.3. The average molecular weight is 440 g/mol. The minimum absolute atomic E-state index is 0.0260. The van der Waals surface area contributed by atoms with Crippen molar-refractivity contribution in [1.82, 2.24) is 24.8 Å². The third-order valence-electron chi connectivity index (χ3n) is 5.84. The molecule has 2 aromatic heterocycles. The van der Waals surface area contributed by atoms with Gasteiger partial charge in [0.1, 0.15) is 11.9 Å². The van der Waals surface area contributed by atoms with Gasteiger partial charge in [0.25, 0.3) is 5.91 Å². The topological polar surface area (TPSA) is 79.6 Å². The fourth-order valence-corrected chi connectivity index (χ4v) is 4.16. The van der Waals surface area contributed by atoms with Gasteiger partial charge in [-0.05, 0) is 55.2 Å². The average Bonchev–Trinajstić information content (AvgIpc) is 3.21. The Morgan fingerprint density at radius 2 is 1.77 bits per heavy atom. The lowest BCUT2D eigenvalue weighted by atomic mass is 9.94. The zero-order valence-corrected chi connectivity index (χ0v) is 18.4. The number of carbonyl (C=O) groups is 2. The molecule has 1 N–H and O–H groups in total. The van der Waals surface area contributed by atoms with Gasteiger partial charge in [-0.3, -0.25) is 14.0 Å². The highest BCUT2D eigenvalue weighted by molar-refractivity contribution is 6.30. The van der Waals surface area contributed by atoms with Gasteiger partial charge < -0.3 is 10.2 Å². The number of benzene rings is 1. The predicted octanol–water partition coefficient (Wildman–Crippen LogP) is 3.54. The fraction of sp³-hybridized carbons (Fsp3) is 0.391. The van der Waals surface area contributed by atoms with Gasteiger partial charge in [-0.15, -0.1) is 10.2 Å². The molecule has 4 rings (SSSR count). The minimum atomic E-state index is -0.575. The highest BCUT2D eigenvalue weighted by Gasteiger charge is 2.32. The van der Waals surface area contributed by atoms with E-state index < -0.39 is 6.04 Å². The lowest BCUT2D eigenvalue weighted by Gasteiger charge is -2.35. The minimum Gasteiger partial charge on any atom is -0.341 e. The standard InChI is InChI=1S/C23H26ClN5O2/c1-15(2)20(25-22(30)17-6-8-18(24)9-7-17)23(31)28-13-10-16(11-14-28)21-27-26-19-5-3-4-12-29(19)21/h3-9,12,15-16,20H,10-11,13-14H2,1-2H3,(H,25,30)/t20-/m1/s1. The Balaban J connectivity index is 1.41. The van der Waals surface area contributed by atoms with Crippen LogP contribution in [0.2, 0.25) is 5.02 Å². The molecule has 0 spiro atoms. The molecule has 1 atom stereocenters. The molecule has 1 aliphatic heterocycles. The van der Waals surface area contributed by atoms with Crippen LogP contribution >= 0.6 is 11.6 Å². The summed E-state index contributed by atoms with van der Waals surface area (Å²) in [4.78, 5) is 27.7. The number of rotatable bonds is 5. The quantitative estimate of drug-likeness (QED) is 0.659. The van der Waals surface area contributed by atoms with E-state index in [2.05, 4.69) is 15.5 Å². The molecular formula is C23H26ClN5O2. The van der Waals surface area contributed by atoms with Crippen LogP contribution in [-0.2, 0) is 4.79 Å². The van der Waals surface area contributed by atoms with Crippen molar-refractivity contribution < 1.29 is 9.59 Å². The van der Waals surface area contributed by atoms with E-state index in [1.54, 1.807) is 24.3 Å². The van der Waals surface area contributed by atoms with Crippen LogP contribution < -0.4 is 5.32 Å². The number of carbonyl (C=O) groups excluding carboxylic acids is 2. The number of aromatic nitrogens is 3. The Morgan fingerprint density at radius 1 is 1.06 bits per heavy atom. The van der Waals surface area contributed by atoms with E-state index in [0.29, 0.717) is 23.7 Å². The van der Waals surface area contributed by atoms with Crippen LogP contribution in [0.1, 0.15) is 48.8 Å². The lowest BCUT2D eigenvalue weighted by Crippen LogP contribution is -2.52. The lowest BCUT2D eigenvalue weighted by molar-refractivity contribution is -0.135. The van der Waals surface area contributed by atoms with Gasteiger partial charge in [-0.25, -0.2) is 0 Å². The van der Waals surface area contributed by atoms with Crippen molar-refractivity contribution in [3.05, 3.63) is 65.1 Å². The van der Waals surface area contributed by atoms with Gasteiger partial charge in [-0.1, -0.05) is 31.5 Å². The first-order chi connectivity index (χ1) is 14.9. The van der Waals surface area contributed by atoms with Crippen molar-refractivity contribution >= 4 is 29.1 Å². The second kappa shape index (κ2) is 9.06. The summed E-state index contributed by atoms with van der Waals surface area (Å²) in [6, 6.07) is 11.9. The third kappa shape index (κ3) is 4.56. The van der Waals surface area contributed by atoms with Gasteiger partial charge in [0.15, 0.2) is 5.65 Å². The molecule has 1 saturated heterocycles. The number of fused-ring (bicyclic) bond motifs is 1. The molecule has 3 heterocycles. The van der Waals surface area contributed by atoms with Crippen molar-refractivity contribution in [3.63, 3.8) is 0 Å². The smallest absolute Gasteiger partial charge is 0.251 e. The number of likely N-dealkylation sites (tertiary alicyclic amines) is 1. The number of amides is 2. The largest absolute Gasteiger partial charge is 0.341 e. The van der Waals surface area contributed by atoms with Crippen LogP contribution in [0.4, 0.5) is 0 Å². The molecule has 7 nitrogen and oxygen atoms in total. The maximum absolute atomic E-state index is 13.2. The summed E-state index contributed by atoms with van der Waals surface area (Å²) in [5, 5.41) is 12.1. The van der Waals surface area contributed by atoms with E-state index >= 15 is 0 Å². The maximum Gasteiger partial charge on any atom is 0.251 e. The van der Waals surface area contributed by atoms with E-state index in [-0.39, 0.29) is 23.7 Å². The van der Waals surface area contributed by atoms with E-state index in [0.717, 1.165) is 24.3 Å². The Hall–Kier alpha value is -2.93. The number of halogens is 1. The van der Waals surface area contributed by atoms with Crippen molar-refractivity contribution in [1.29, 1.82) is 0 Å². The Kier molecular flexibility index (Phi) is 6.23. The third-order valence-corrected chi connectivity index (χ3v) is 6.09. The molecule has 2 amide bonds. The maximum atomic E-state index is 13.2. The van der Waals surface area contributed by atoms with Gasteiger partial charge in [0.05, 0.1) is 0 Å². The first-order valence-electron chi connectivity index (χ1n) is 10.6. The van der Waals surface area contributed by atoms with Crippen molar-refractivity contribution in [3.8, 4) is 0 Å². The number of nitrogens with zero attached hydrogens (tertiary/aromatic N) is 4. The zero-order chi connectivity index (χ0) is 22.0. The monoisotopic (exact) mass is 439 g/mol. The molecule has 31 heavy (non-hydrogen) atoms. The summed E-state index contributed by atoms with van der Waals surface area (Å²) in [7, 11) is 0. The van der Waals surface area contributed by atoms with E-state index in [1.165, 1.54) is 0 Å². The number of hydrogen-bond donors (Lipinski definition) is 1. The summed E-state index contributed by atoms with van der Waals surface area (Å²) >= 11 is 5.90. The molecule has 0 bridgehead atoms. The number of nitrogens with one attached hydrogen (secondary N) is 1. The van der Waals surface area contributed by atoms with Crippen LogP contribution in [0, 0.1) is 5.92 Å². The van der Waals surface area contributed by atoms with Crippen LogP contribution in [-0.4, -0.2) is 50.4 Å². The van der Waals surface area contributed by atoms with Gasteiger partial charge in [0.2, 0.25) is 5.91 Å². The van der Waals surface area contributed by atoms with Gasteiger partial charge >= 0.3 is 0 Å². The number of piperidine rings is 1. The molecule has 8 heteroatoms. The number of hydrogen-bond acceptors (Lipinski definition) is 4. The first-order valence-corrected chi connectivity index (χ1v) is 11.0. The molecular weight excluding hydrogens is 414 g/mol. The van der Waals surface area contributed by atoms with Crippen LogP contribution in [0.5, 0.6) is 0 Å². The highest BCUT2D eigenvalue weighted by atomic mass is 35.5. The molecule has 162 valence electrons. The Labute approximate surface area is 186 Å². The molecule has 1 aliphatic rings. The van der Waals surface area contributed by atoms with E-state index in [4.69, 9.17) is 11.6 Å². The van der Waals surface area contributed by atoms with Crippen molar-refractivity contribution in [2.24, 2.45) is 5.92 Å². The fourth-order valence-electron chi connectivity index (χ4n) is 4.03. The summed E-state index contributed by atoms with van der Waals surface area (Å²) in [6.45, 7) is 5.15. The SMILES string of the molecule is CC(C)[C@@H](NC(=O)c1ccc(Cl)cc1)C(=O)N1CCC(c2nnc3ccccn23)CC1. The van der Waals surface area contributed by atoms with Gasteiger partial charge in [0, 0.05) is 35.8 Å². The van der Waals surface area contributed by atoms with Crippen LogP contribution in [0.15, 0.2) is 48.7 Å². The second-order valence-corrected chi connectivity index (χ2v) is 8.73. The Morgan fingerprint density at radius 3 is 2.45 bits per heavy atom. The highest BCUT2D eigenvalue weighted by Crippen LogP contribution is 2.27. The number of pyridine rings is 1. The summed E-state index contributed by atoms with van der Waals surface area (Å²) in [5.41, 5.74) is 1.32. The van der Waals surface area contributed by atoms with Crippen LogP contribution in [0.25, 0.3) is 5.65 Å². The molecule has 0 unspecified atom stereocenters. The molecule has 0 saturated carbocycles. The molecule has 1 fully saturated rings.